The number of hydrogen-bond donors (Lipinski definition) is 1. The molecule has 0 atom stereocenters. The van der Waals surface area contributed by atoms with E-state index in [0.29, 0.717) is 5.56 Å². The van der Waals surface area contributed by atoms with Crippen molar-refractivity contribution in [1.82, 2.24) is 15.2 Å². The third kappa shape index (κ3) is 2.16. The maximum atomic E-state index is 11.6. The molecule has 1 aromatic carbocycles. The molecule has 0 amide bonds. The lowest BCUT2D eigenvalue weighted by atomic mass is 10.1. The van der Waals surface area contributed by atoms with Crippen molar-refractivity contribution in [3.63, 3.8) is 0 Å². The van der Waals surface area contributed by atoms with Gasteiger partial charge in [-0.1, -0.05) is 12.1 Å². The van der Waals surface area contributed by atoms with E-state index in [1.807, 2.05) is 0 Å². The second-order valence-corrected chi connectivity index (χ2v) is 4.08. The molecular weight excluding hydrogens is 280 g/mol. The fourth-order valence-electron chi connectivity index (χ4n) is 1.86. The Morgan fingerprint density at radius 2 is 2.05 bits per heavy atom. The van der Waals surface area contributed by atoms with Crippen LogP contribution < -0.4 is 11.3 Å². The third-order valence-electron chi connectivity index (χ3n) is 2.79. The topological polar surface area (TPSA) is 132 Å². The Bertz CT molecular complexity index is 929. The molecule has 1 aromatic rings. The van der Waals surface area contributed by atoms with Crippen LogP contribution in [0.25, 0.3) is 22.6 Å². The van der Waals surface area contributed by atoms with Gasteiger partial charge in [0.05, 0.1) is 4.92 Å². The maximum Gasteiger partial charge on any atom is 0.416 e. The van der Waals surface area contributed by atoms with Gasteiger partial charge in [-0.3, -0.25) is 19.9 Å². The smallest absolute Gasteiger partial charge is 0.407 e. The van der Waals surface area contributed by atoms with Gasteiger partial charge < -0.3 is 4.42 Å². The van der Waals surface area contributed by atoms with Crippen LogP contribution in [0.5, 0.6) is 0 Å². The Morgan fingerprint density at radius 1 is 1.24 bits per heavy atom. The van der Waals surface area contributed by atoms with E-state index in [-0.39, 0.29) is 22.7 Å². The zero-order chi connectivity index (χ0) is 15.0. The zero-order valence-corrected chi connectivity index (χ0v) is 10.3. The largest absolute Gasteiger partial charge is 0.416 e. The van der Waals surface area contributed by atoms with Gasteiger partial charge in [-0.15, -0.1) is 10.2 Å². The molecule has 0 spiro atoms. The summed E-state index contributed by atoms with van der Waals surface area (Å²) in [6.07, 6.45) is 1.17. The minimum Gasteiger partial charge on any atom is -0.407 e. The summed E-state index contributed by atoms with van der Waals surface area (Å²) >= 11 is 0. The number of H-pyrrole nitrogens is 1. The van der Waals surface area contributed by atoms with Crippen LogP contribution in [0.1, 0.15) is 0 Å². The summed E-state index contributed by atoms with van der Waals surface area (Å²) in [5.74, 6) is -0.846. The average molecular weight is 286 g/mol. The predicted molar refractivity (Wildman–Crippen MR) is 69.9 cm³/mol. The highest BCUT2D eigenvalue weighted by atomic mass is 16.6. The summed E-state index contributed by atoms with van der Waals surface area (Å²) in [4.78, 5) is 35.3. The van der Waals surface area contributed by atoms with Crippen molar-refractivity contribution in [2.45, 2.75) is 0 Å². The molecule has 0 saturated carbocycles. The molecule has 0 bridgehead atoms. The second-order valence-electron chi connectivity index (χ2n) is 4.08. The summed E-state index contributed by atoms with van der Waals surface area (Å²) in [7, 11) is 0. The molecule has 2 aliphatic heterocycles. The molecule has 9 nitrogen and oxygen atoms in total. The quantitative estimate of drug-likeness (QED) is 0.544. The van der Waals surface area contributed by atoms with Crippen LogP contribution >= 0.6 is 0 Å². The molecule has 9 heteroatoms. The number of hydrogen-bond acceptors (Lipinski definition) is 7. The SMILES string of the molecule is O=c1[nH]cc2c(=O)nnc(-c3cccc([N+](=O)[O-])c3)c-2o1. The number of non-ortho nitro benzene ring substituents is 1. The van der Waals surface area contributed by atoms with Crippen molar-refractivity contribution >= 4 is 5.69 Å². The van der Waals surface area contributed by atoms with E-state index >= 15 is 0 Å². The van der Waals surface area contributed by atoms with E-state index in [1.54, 1.807) is 0 Å². The summed E-state index contributed by atoms with van der Waals surface area (Å²) in [6.45, 7) is 0. The number of nitro benzene ring substituents is 1. The predicted octanol–water partition coefficient (Wildman–Crippen LogP) is 0.798. The first kappa shape index (κ1) is 12.7. The summed E-state index contributed by atoms with van der Waals surface area (Å²) in [6, 6.07) is 5.56. The van der Waals surface area contributed by atoms with Crippen LogP contribution in [-0.2, 0) is 0 Å². The van der Waals surface area contributed by atoms with E-state index in [2.05, 4.69) is 15.2 Å². The van der Waals surface area contributed by atoms with Gasteiger partial charge in [-0.05, 0) is 0 Å². The number of rotatable bonds is 2. The van der Waals surface area contributed by atoms with E-state index in [1.165, 1.54) is 30.5 Å². The van der Waals surface area contributed by atoms with Crippen molar-refractivity contribution in [3.05, 3.63) is 61.5 Å². The van der Waals surface area contributed by atoms with Crippen LogP contribution in [0.4, 0.5) is 5.69 Å². The van der Waals surface area contributed by atoms with Crippen LogP contribution in [0.3, 0.4) is 0 Å². The highest BCUT2D eigenvalue weighted by Crippen LogP contribution is 2.29. The summed E-state index contributed by atoms with van der Waals surface area (Å²) in [5, 5.41) is 17.9. The van der Waals surface area contributed by atoms with Gasteiger partial charge in [0, 0.05) is 23.9 Å². The number of fused-ring (bicyclic) bond motifs is 1. The van der Waals surface area contributed by atoms with Crippen LogP contribution in [0.2, 0.25) is 0 Å². The Balaban J connectivity index is 2.31. The molecule has 0 aromatic heterocycles. The third-order valence-corrected chi connectivity index (χ3v) is 2.79. The second kappa shape index (κ2) is 4.63. The number of nitrogens with one attached hydrogen (secondary N) is 1. The first-order valence-electron chi connectivity index (χ1n) is 5.70. The van der Waals surface area contributed by atoms with Gasteiger partial charge in [0.2, 0.25) is 0 Å². The molecule has 0 unspecified atom stereocenters. The molecule has 21 heavy (non-hydrogen) atoms. The van der Waals surface area contributed by atoms with Gasteiger partial charge in [0.1, 0.15) is 11.3 Å². The highest BCUT2D eigenvalue weighted by molar-refractivity contribution is 5.76. The summed E-state index contributed by atoms with van der Waals surface area (Å²) < 4.78 is 4.94. The Kier molecular flexibility index (Phi) is 2.79. The number of nitrogens with zero attached hydrogens (tertiary/aromatic N) is 3. The van der Waals surface area contributed by atoms with Crippen molar-refractivity contribution in [2.75, 3.05) is 0 Å². The fourth-order valence-corrected chi connectivity index (χ4v) is 1.86. The molecule has 0 aliphatic carbocycles. The molecule has 2 aliphatic rings. The lowest BCUT2D eigenvalue weighted by molar-refractivity contribution is -0.384. The lowest BCUT2D eigenvalue weighted by Crippen LogP contribution is -2.17. The van der Waals surface area contributed by atoms with Crippen LogP contribution in [-0.4, -0.2) is 20.1 Å². The first-order chi connectivity index (χ1) is 10.1. The average Bonchev–Trinajstić information content (AvgIpc) is 2.47. The minimum absolute atomic E-state index is 0.0334. The molecule has 2 heterocycles. The number of aromatic nitrogens is 3. The van der Waals surface area contributed by atoms with Crippen molar-refractivity contribution < 1.29 is 9.34 Å². The molecule has 104 valence electrons. The number of aromatic amines is 1. The van der Waals surface area contributed by atoms with Gasteiger partial charge in [0.15, 0.2) is 5.76 Å². The van der Waals surface area contributed by atoms with Crippen molar-refractivity contribution in [1.29, 1.82) is 0 Å². The Hall–Kier alpha value is -3.36. The number of benzene rings is 1. The van der Waals surface area contributed by atoms with E-state index < -0.39 is 16.2 Å². The van der Waals surface area contributed by atoms with E-state index in [4.69, 9.17) is 4.42 Å². The van der Waals surface area contributed by atoms with E-state index in [0.717, 1.165) is 0 Å². The van der Waals surface area contributed by atoms with Crippen molar-refractivity contribution in [3.8, 4) is 22.6 Å². The van der Waals surface area contributed by atoms with E-state index in [9.17, 15) is 19.7 Å². The monoisotopic (exact) mass is 286 g/mol. The Labute approximate surface area is 115 Å². The van der Waals surface area contributed by atoms with Crippen LogP contribution in [0.15, 0.2) is 44.5 Å². The molecule has 0 radical (unpaired) electrons. The normalized spacial score (nSPS) is 10.7. The minimum atomic E-state index is -0.776. The Morgan fingerprint density at radius 3 is 2.81 bits per heavy atom. The van der Waals surface area contributed by atoms with Crippen molar-refractivity contribution in [2.24, 2.45) is 0 Å². The standard InChI is InChI=1S/C12H6N4O5/c17-11-8-5-13-12(18)21-10(8)9(14-15-11)6-2-1-3-7(4-6)16(19)20/h1-5H,(H,13,18). The fraction of sp³-hybridized carbons (Fsp3) is 0. The first-order valence-corrected chi connectivity index (χ1v) is 5.70. The molecule has 3 rings (SSSR count). The van der Waals surface area contributed by atoms with Gasteiger partial charge in [-0.25, -0.2) is 4.79 Å². The maximum absolute atomic E-state index is 11.6. The highest BCUT2D eigenvalue weighted by Gasteiger charge is 2.20. The molecule has 0 fully saturated rings. The zero-order valence-electron chi connectivity index (χ0n) is 10.3. The van der Waals surface area contributed by atoms with Gasteiger partial charge >= 0.3 is 11.3 Å². The molecule has 1 N–H and O–H groups in total. The van der Waals surface area contributed by atoms with Gasteiger partial charge in [-0.2, -0.15) is 0 Å². The number of nitro groups is 1. The summed E-state index contributed by atoms with van der Waals surface area (Å²) in [5.41, 5.74) is -0.390. The molecular formula is C12H6N4O5. The van der Waals surface area contributed by atoms with Crippen LogP contribution in [0, 0.1) is 10.1 Å². The molecule has 0 saturated heterocycles. The lowest BCUT2D eigenvalue weighted by Gasteiger charge is -2.06. The van der Waals surface area contributed by atoms with Gasteiger partial charge in [0.25, 0.3) is 5.69 Å².